The molecule has 0 spiro atoms. The summed E-state index contributed by atoms with van der Waals surface area (Å²) in [5, 5.41) is 9.84. The molecular formula is C17H20FNO. The third-order valence-corrected chi connectivity index (χ3v) is 3.51. The molecule has 2 aromatic carbocycles. The van der Waals surface area contributed by atoms with Gasteiger partial charge in [0.1, 0.15) is 5.82 Å². The quantitative estimate of drug-likeness (QED) is 0.903. The molecule has 0 amide bonds. The molecular weight excluding hydrogens is 253 g/mol. The first-order chi connectivity index (χ1) is 9.40. The highest BCUT2D eigenvalue weighted by molar-refractivity contribution is 5.69. The first-order valence-corrected chi connectivity index (χ1v) is 6.68. The Labute approximate surface area is 119 Å². The highest BCUT2D eigenvalue weighted by atomic mass is 19.1. The number of nitrogens with zero attached hydrogens (tertiary/aromatic N) is 1. The van der Waals surface area contributed by atoms with Crippen molar-refractivity contribution in [1.82, 2.24) is 0 Å². The molecule has 3 heteroatoms. The summed E-state index contributed by atoms with van der Waals surface area (Å²) in [5.74, 6) is -0.335. The summed E-state index contributed by atoms with van der Waals surface area (Å²) in [6.07, 6.45) is -0.714. The molecule has 0 aliphatic carbocycles. The lowest BCUT2D eigenvalue weighted by atomic mass is 10.0. The number of hydrogen-bond acceptors (Lipinski definition) is 2. The molecule has 0 bridgehead atoms. The van der Waals surface area contributed by atoms with Crippen LogP contribution < -0.4 is 4.90 Å². The van der Waals surface area contributed by atoms with E-state index in [2.05, 4.69) is 13.0 Å². The number of aryl methyl sites for hydroxylation is 2. The standard InChI is InChI=1S/C17H20FNO/c1-11-5-7-16(12(2)9-11)19(4)17-8-6-14(18)10-15(17)13(3)20/h5-10,13,20H,1-4H3/t13-/m0/s1. The van der Waals surface area contributed by atoms with Gasteiger partial charge in [0.2, 0.25) is 0 Å². The summed E-state index contributed by atoms with van der Waals surface area (Å²) < 4.78 is 13.4. The van der Waals surface area contributed by atoms with Gasteiger partial charge in [0.05, 0.1) is 6.10 Å². The zero-order valence-corrected chi connectivity index (χ0v) is 12.3. The fourth-order valence-electron chi connectivity index (χ4n) is 2.48. The molecule has 0 aliphatic rings. The van der Waals surface area contributed by atoms with E-state index in [1.165, 1.54) is 17.7 Å². The number of anilines is 2. The van der Waals surface area contributed by atoms with Crippen molar-refractivity contribution < 1.29 is 9.50 Å². The molecule has 2 aromatic rings. The fourth-order valence-corrected chi connectivity index (χ4v) is 2.48. The van der Waals surface area contributed by atoms with Crippen LogP contribution in [0.5, 0.6) is 0 Å². The summed E-state index contributed by atoms with van der Waals surface area (Å²) in [6, 6.07) is 10.7. The molecule has 0 radical (unpaired) electrons. The largest absolute Gasteiger partial charge is 0.389 e. The van der Waals surface area contributed by atoms with E-state index in [0.29, 0.717) is 5.56 Å². The van der Waals surface area contributed by atoms with Crippen molar-refractivity contribution in [2.45, 2.75) is 26.9 Å². The predicted octanol–water partition coefficient (Wildman–Crippen LogP) is 4.26. The maximum absolute atomic E-state index is 13.4. The van der Waals surface area contributed by atoms with Gasteiger partial charge >= 0.3 is 0 Å². The van der Waals surface area contributed by atoms with Gasteiger partial charge in [-0.3, -0.25) is 0 Å². The van der Waals surface area contributed by atoms with E-state index in [4.69, 9.17) is 0 Å². The minimum atomic E-state index is -0.714. The zero-order chi connectivity index (χ0) is 14.9. The van der Waals surface area contributed by atoms with Crippen LogP contribution in [0, 0.1) is 19.7 Å². The SMILES string of the molecule is Cc1ccc(N(C)c2ccc(F)cc2[C@H](C)O)c(C)c1. The Morgan fingerprint density at radius 2 is 1.70 bits per heavy atom. The Kier molecular flexibility index (Phi) is 4.09. The highest BCUT2D eigenvalue weighted by Crippen LogP contribution is 2.33. The van der Waals surface area contributed by atoms with Gasteiger partial charge in [-0.05, 0) is 50.6 Å². The van der Waals surface area contributed by atoms with Gasteiger partial charge in [-0.15, -0.1) is 0 Å². The highest BCUT2D eigenvalue weighted by Gasteiger charge is 2.15. The van der Waals surface area contributed by atoms with Crippen LogP contribution in [-0.2, 0) is 0 Å². The van der Waals surface area contributed by atoms with Crippen LogP contribution in [0.3, 0.4) is 0 Å². The van der Waals surface area contributed by atoms with Gasteiger partial charge in [-0.25, -0.2) is 4.39 Å². The maximum Gasteiger partial charge on any atom is 0.123 e. The Hall–Kier alpha value is -1.87. The van der Waals surface area contributed by atoms with Gasteiger partial charge in [0.25, 0.3) is 0 Å². The first kappa shape index (κ1) is 14.5. The van der Waals surface area contributed by atoms with Crippen molar-refractivity contribution in [3.05, 3.63) is 58.9 Å². The minimum Gasteiger partial charge on any atom is -0.389 e. The summed E-state index contributed by atoms with van der Waals surface area (Å²) in [7, 11) is 1.93. The molecule has 0 aliphatic heterocycles. The molecule has 0 fully saturated rings. The van der Waals surface area contributed by atoms with E-state index in [1.807, 2.05) is 31.0 Å². The predicted molar refractivity (Wildman–Crippen MR) is 81.0 cm³/mol. The summed E-state index contributed by atoms with van der Waals surface area (Å²) in [5.41, 5.74) is 4.80. The molecule has 106 valence electrons. The zero-order valence-electron chi connectivity index (χ0n) is 12.3. The molecule has 0 saturated heterocycles. The van der Waals surface area contributed by atoms with Crippen LogP contribution in [0.1, 0.15) is 29.7 Å². The Morgan fingerprint density at radius 3 is 2.30 bits per heavy atom. The second-order valence-electron chi connectivity index (χ2n) is 5.23. The number of aliphatic hydroxyl groups is 1. The van der Waals surface area contributed by atoms with Crippen molar-refractivity contribution in [2.75, 3.05) is 11.9 Å². The van der Waals surface area contributed by atoms with Crippen LogP contribution >= 0.6 is 0 Å². The molecule has 2 rings (SSSR count). The number of halogens is 1. The second kappa shape index (κ2) is 5.63. The molecule has 0 unspecified atom stereocenters. The lowest BCUT2D eigenvalue weighted by Gasteiger charge is -2.25. The van der Waals surface area contributed by atoms with Gasteiger partial charge in [0.15, 0.2) is 0 Å². The topological polar surface area (TPSA) is 23.5 Å². The first-order valence-electron chi connectivity index (χ1n) is 6.68. The molecule has 0 saturated carbocycles. The number of benzene rings is 2. The van der Waals surface area contributed by atoms with Crippen molar-refractivity contribution in [3.8, 4) is 0 Å². The Morgan fingerprint density at radius 1 is 1.05 bits per heavy atom. The van der Waals surface area contributed by atoms with Crippen molar-refractivity contribution >= 4 is 11.4 Å². The summed E-state index contributed by atoms with van der Waals surface area (Å²) in [6.45, 7) is 5.74. The molecule has 2 nitrogen and oxygen atoms in total. The number of aliphatic hydroxyl groups excluding tert-OH is 1. The van der Waals surface area contributed by atoms with Gasteiger partial charge in [-0.1, -0.05) is 17.7 Å². The smallest absolute Gasteiger partial charge is 0.123 e. The van der Waals surface area contributed by atoms with Crippen LogP contribution in [0.15, 0.2) is 36.4 Å². The molecule has 0 heterocycles. The van der Waals surface area contributed by atoms with Crippen LogP contribution in [0.25, 0.3) is 0 Å². The second-order valence-corrected chi connectivity index (χ2v) is 5.23. The third kappa shape index (κ3) is 2.83. The molecule has 0 aromatic heterocycles. The third-order valence-electron chi connectivity index (χ3n) is 3.51. The van der Waals surface area contributed by atoms with E-state index in [-0.39, 0.29) is 5.82 Å². The van der Waals surface area contributed by atoms with E-state index in [1.54, 1.807) is 13.0 Å². The van der Waals surface area contributed by atoms with Crippen LogP contribution in [0.4, 0.5) is 15.8 Å². The van der Waals surface area contributed by atoms with E-state index in [9.17, 15) is 9.50 Å². The maximum atomic E-state index is 13.4. The van der Waals surface area contributed by atoms with E-state index >= 15 is 0 Å². The van der Waals surface area contributed by atoms with Crippen molar-refractivity contribution in [3.63, 3.8) is 0 Å². The van der Waals surface area contributed by atoms with Gasteiger partial charge < -0.3 is 10.0 Å². The molecule has 1 N–H and O–H groups in total. The van der Waals surface area contributed by atoms with Gasteiger partial charge in [-0.2, -0.15) is 0 Å². The van der Waals surface area contributed by atoms with Crippen LogP contribution in [0.2, 0.25) is 0 Å². The normalized spacial score (nSPS) is 12.3. The average Bonchev–Trinajstić information content (AvgIpc) is 2.37. The number of hydrogen-bond donors (Lipinski definition) is 1. The summed E-state index contributed by atoms with van der Waals surface area (Å²) >= 11 is 0. The lowest BCUT2D eigenvalue weighted by Crippen LogP contribution is -2.14. The van der Waals surface area contributed by atoms with Gasteiger partial charge in [0, 0.05) is 24.0 Å². The number of rotatable bonds is 3. The average molecular weight is 273 g/mol. The molecule has 20 heavy (non-hydrogen) atoms. The van der Waals surface area contributed by atoms with E-state index in [0.717, 1.165) is 16.9 Å². The monoisotopic (exact) mass is 273 g/mol. The Bertz CT molecular complexity index is 622. The van der Waals surface area contributed by atoms with Crippen LogP contribution in [-0.4, -0.2) is 12.2 Å². The Balaban J connectivity index is 2.50. The van der Waals surface area contributed by atoms with Crippen molar-refractivity contribution in [1.29, 1.82) is 0 Å². The van der Waals surface area contributed by atoms with E-state index < -0.39 is 6.10 Å². The molecule has 1 atom stereocenters. The minimum absolute atomic E-state index is 0.335. The van der Waals surface area contributed by atoms with Crippen molar-refractivity contribution in [2.24, 2.45) is 0 Å². The lowest BCUT2D eigenvalue weighted by molar-refractivity contribution is 0.199. The summed E-state index contributed by atoms with van der Waals surface area (Å²) in [4.78, 5) is 1.98. The fraction of sp³-hybridized carbons (Fsp3) is 0.294.